The van der Waals surface area contributed by atoms with Crippen LogP contribution in [0.2, 0.25) is 0 Å². The van der Waals surface area contributed by atoms with Crippen molar-refractivity contribution >= 4 is 12.0 Å². The molecule has 0 bridgehead atoms. The van der Waals surface area contributed by atoms with Gasteiger partial charge in [0, 0.05) is 32.1 Å². The van der Waals surface area contributed by atoms with E-state index in [-0.39, 0.29) is 18.5 Å². The summed E-state index contributed by atoms with van der Waals surface area (Å²) in [6.45, 7) is 7.74. The Kier molecular flexibility index (Phi) is 7.12. The maximum Gasteiger partial charge on any atom is 0.320 e. The van der Waals surface area contributed by atoms with Crippen LogP contribution < -0.4 is 0 Å². The van der Waals surface area contributed by atoms with Gasteiger partial charge in [-0.05, 0) is 32.1 Å². The Morgan fingerprint density at radius 1 is 1.45 bits per heavy atom. The number of likely N-dealkylation sites (tertiary alicyclic amines) is 1. The first-order valence-corrected chi connectivity index (χ1v) is 7.48. The number of piperidine rings is 1. The van der Waals surface area contributed by atoms with Crippen LogP contribution in [-0.2, 0) is 4.79 Å². The van der Waals surface area contributed by atoms with Gasteiger partial charge in [0.15, 0.2) is 0 Å². The number of carbonyl (C=O) groups excluding carboxylic acids is 1. The lowest BCUT2D eigenvalue weighted by atomic mass is 9.98. The highest BCUT2D eigenvalue weighted by molar-refractivity contribution is 5.75. The van der Waals surface area contributed by atoms with Crippen LogP contribution in [0.5, 0.6) is 0 Å². The van der Waals surface area contributed by atoms with Gasteiger partial charge in [0.1, 0.15) is 0 Å². The molecule has 1 unspecified atom stereocenters. The normalized spacial score (nSPS) is 18.6. The molecule has 5 nitrogen and oxygen atoms in total. The van der Waals surface area contributed by atoms with Crippen molar-refractivity contribution in [1.29, 1.82) is 0 Å². The molecule has 0 radical (unpaired) electrons. The van der Waals surface area contributed by atoms with Crippen LogP contribution in [0.3, 0.4) is 0 Å². The second kappa shape index (κ2) is 8.61. The van der Waals surface area contributed by atoms with Gasteiger partial charge in [0.2, 0.25) is 0 Å². The number of aliphatic carboxylic acids is 1. The minimum Gasteiger partial charge on any atom is -0.481 e. The van der Waals surface area contributed by atoms with Gasteiger partial charge in [-0.25, -0.2) is 4.79 Å². The molecule has 1 aliphatic heterocycles. The van der Waals surface area contributed by atoms with E-state index in [1.807, 2.05) is 11.8 Å². The van der Waals surface area contributed by atoms with Crippen molar-refractivity contribution in [3.63, 3.8) is 0 Å². The third-order valence-corrected chi connectivity index (χ3v) is 3.68. The molecule has 0 aliphatic carbocycles. The van der Waals surface area contributed by atoms with Crippen molar-refractivity contribution in [3.05, 3.63) is 12.7 Å². The number of carbonyl (C=O) groups is 2. The molecule has 1 heterocycles. The quantitative estimate of drug-likeness (QED) is 0.730. The van der Waals surface area contributed by atoms with E-state index in [2.05, 4.69) is 6.58 Å². The predicted octanol–water partition coefficient (Wildman–Crippen LogP) is 2.72. The molecular weight excluding hydrogens is 256 g/mol. The van der Waals surface area contributed by atoms with Crippen molar-refractivity contribution in [3.8, 4) is 0 Å². The smallest absolute Gasteiger partial charge is 0.320 e. The predicted molar refractivity (Wildman–Crippen MR) is 78.7 cm³/mol. The first-order chi connectivity index (χ1) is 9.60. The fourth-order valence-corrected chi connectivity index (χ4v) is 2.72. The first kappa shape index (κ1) is 16.5. The minimum atomic E-state index is -0.792. The van der Waals surface area contributed by atoms with E-state index in [1.54, 1.807) is 11.0 Å². The van der Waals surface area contributed by atoms with Crippen LogP contribution in [0.1, 0.15) is 45.4 Å². The van der Waals surface area contributed by atoms with Crippen LogP contribution in [0.4, 0.5) is 4.79 Å². The van der Waals surface area contributed by atoms with Gasteiger partial charge in [0.25, 0.3) is 0 Å². The Bertz CT molecular complexity index is 344. The Morgan fingerprint density at radius 3 is 2.80 bits per heavy atom. The number of carboxylic acid groups (broad SMARTS) is 1. The van der Waals surface area contributed by atoms with Crippen molar-refractivity contribution in [2.24, 2.45) is 0 Å². The molecule has 0 aromatic rings. The lowest BCUT2D eigenvalue weighted by molar-refractivity contribution is -0.137. The average Bonchev–Trinajstić information content (AvgIpc) is 2.44. The molecule has 2 amide bonds. The number of hydrogen-bond acceptors (Lipinski definition) is 2. The molecule has 1 atom stereocenters. The van der Waals surface area contributed by atoms with Crippen molar-refractivity contribution < 1.29 is 14.7 Å². The van der Waals surface area contributed by atoms with Crippen LogP contribution in [0.25, 0.3) is 0 Å². The van der Waals surface area contributed by atoms with Crippen LogP contribution in [-0.4, -0.2) is 52.6 Å². The highest BCUT2D eigenvalue weighted by Crippen LogP contribution is 2.22. The van der Waals surface area contributed by atoms with E-state index >= 15 is 0 Å². The van der Waals surface area contributed by atoms with Crippen molar-refractivity contribution in [2.45, 2.75) is 51.5 Å². The third-order valence-electron chi connectivity index (χ3n) is 3.68. The average molecular weight is 282 g/mol. The van der Waals surface area contributed by atoms with E-state index < -0.39 is 5.97 Å². The number of carboxylic acids is 1. The molecule has 20 heavy (non-hydrogen) atoms. The molecule has 1 rings (SSSR count). The fraction of sp³-hybridized carbons (Fsp3) is 0.733. The second-order valence-electron chi connectivity index (χ2n) is 5.29. The number of nitrogens with zero attached hydrogens (tertiary/aromatic N) is 2. The van der Waals surface area contributed by atoms with E-state index in [0.717, 1.165) is 32.2 Å². The monoisotopic (exact) mass is 282 g/mol. The molecule has 114 valence electrons. The van der Waals surface area contributed by atoms with Gasteiger partial charge in [-0.15, -0.1) is 6.58 Å². The number of hydrogen-bond donors (Lipinski definition) is 1. The Labute approximate surface area is 121 Å². The van der Waals surface area contributed by atoms with Gasteiger partial charge in [-0.1, -0.05) is 13.0 Å². The van der Waals surface area contributed by atoms with Gasteiger partial charge in [-0.2, -0.15) is 0 Å². The zero-order chi connectivity index (χ0) is 15.0. The summed E-state index contributed by atoms with van der Waals surface area (Å²) in [4.78, 5) is 27.0. The van der Waals surface area contributed by atoms with Crippen molar-refractivity contribution in [1.82, 2.24) is 9.80 Å². The largest absolute Gasteiger partial charge is 0.481 e. The molecule has 0 saturated carbocycles. The summed E-state index contributed by atoms with van der Waals surface area (Å²) in [6, 6.07) is 0.0957. The summed E-state index contributed by atoms with van der Waals surface area (Å²) in [6.07, 6.45) is 6.32. The van der Waals surface area contributed by atoms with Crippen molar-refractivity contribution in [2.75, 3.05) is 19.6 Å². The van der Waals surface area contributed by atoms with E-state index in [4.69, 9.17) is 5.11 Å². The Balaban J connectivity index is 2.68. The van der Waals surface area contributed by atoms with E-state index in [0.29, 0.717) is 19.5 Å². The van der Waals surface area contributed by atoms with E-state index in [9.17, 15) is 9.59 Å². The summed E-state index contributed by atoms with van der Waals surface area (Å²) in [7, 11) is 0. The lowest BCUT2D eigenvalue weighted by Crippen LogP contribution is -2.50. The molecular formula is C15H26N2O3. The Morgan fingerprint density at radius 2 is 2.20 bits per heavy atom. The molecule has 5 heteroatoms. The first-order valence-electron chi connectivity index (χ1n) is 7.48. The zero-order valence-electron chi connectivity index (χ0n) is 12.4. The standard InChI is InChI=1S/C15H26N2O3/c1-3-10-16(11-4-2)15(20)17-12-6-5-7-13(17)8-9-14(18)19/h3,13H,1,4-12H2,2H3,(H,18,19). The minimum absolute atomic E-state index is 0.0295. The fourth-order valence-electron chi connectivity index (χ4n) is 2.72. The topological polar surface area (TPSA) is 60.9 Å². The molecule has 1 aliphatic rings. The Hall–Kier alpha value is -1.52. The van der Waals surface area contributed by atoms with Crippen LogP contribution >= 0.6 is 0 Å². The zero-order valence-corrected chi connectivity index (χ0v) is 12.4. The third kappa shape index (κ3) is 4.87. The number of rotatable bonds is 7. The number of amides is 2. The SMILES string of the molecule is C=CCN(CCC)C(=O)N1CCCCC1CCC(=O)O. The summed E-state index contributed by atoms with van der Waals surface area (Å²) in [5.41, 5.74) is 0. The lowest BCUT2D eigenvalue weighted by Gasteiger charge is -2.38. The summed E-state index contributed by atoms with van der Waals surface area (Å²) in [5, 5.41) is 8.82. The van der Waals surface area contributed by atoms with Gasteiger partial charge >= 0.3 is 12.0 Å². The highest BCUT2D eigenvalue weighted by atomic mass is 16.4. The second-order valence-corrected chi connectivity index (χ2v) is 5.29. The summed E-state index contributed by atoms with van der Waals surface area (Å²) in [5.74, 6) is -0.792. The van der Waals surface area contributed by atoms with Gasteiger partial charge < -0.3 is 14.9 Å². The maximum atomic E-state index is 12.6. The molecule has 1 saturated heterocycles. The van der Waals surface area contributed by atoms with Gasteiger partial charge in [0.05, 0.1) is 0 Å². The maximum absolute atomic E-state index is 12.6. The molecule has 1 fully saturated rings. The van der Waals surface area contributed by atoms with Crippen LogP contribution in [0, 0.1) is 0 Å². The van der Waals surface area contributed by atoms with Gasteiger partial charge in [-0.3, -0.25) is 4.79 Å². The summed E-state index contributed by atoms with van der Waals surface area (Å²) < 4.78 is 0. The highest BCUT2D eigenvalue weighted by Gasteiger charge is 2.29. The molecule has 0 aromatic heterocycles. The molecule has 0 aromatic carbocycles. The number of urea groups is 1. The molecule has 1 N–H and O–H groups in total. The summed E-state index contributed by atoms with van der Waals surface area (Å²) >= 11 is 0. The van der Waals surface area contributed by atoms with Crippen LogP contribution in [0.15, 0.2) is 12.7 Å². The molecule has 0 spiro atoms. The van der Waals surface area contributed by atoms with E-state index in [1.165, 1.54) is 0 Å².